The van der Waals surface area contributed by atoms with Gasteiger partial charge in [-0.2, -0.15) is 0 Å². The number of nitrogens with zero attached hydrogens (tertiary/aromatic N) is 1. The highest BCUT2D eigenvalue weighted by molar-refractivity contribution is 9.10. The van der Waals surface area contributed by atoms with Crippen LogP contribution in [0, 0.1) is 6.92 Å². The van der Waals surface area contributed by atoms with Crippen LogP contribution in [-0.4, -0.2) is 10.9 Å². The molecule has 1 heterocycles. The van der Waals surface area contributed by atoms with Crippen molar-refractivity contribution in [3.05, 3.63) is 51.1 Å². The van der Waals surface area contributed by atoms with E-state index < -0.39 is 5.91 Å². The molecule has 1 aromatic heterocycles. The summed E-state index contributed by atoms with van der Waals surface area (Å²) >= 11 is 9.35. The SMILES string of the molecule is Cc1ccc(C(N)=O)c(Oc2cc(Br)ccc2Cl)n1. The van der Waals surface area contributed by atoms with Crippen LogP contribution in [0.5, 0.6) is 11.6 Å². The fraction of sp³-hybridized carbons (Fsp3) is 0.0769. The van der Waals surface area contributed by atoms with Crippen molar-refractivity contribution < 1.29 is 9.53 Å². The number of carbonyl (C=O) groups excluding carboxylic acids is 1. The standard InChI is InChI=1S/C13H10BrClN2O2/c1-7-2-4-9(12(16)18)13(17-7)19-11-6-8(14)3-5-10(11)15/h2-6H,1H3,(H2,16,18). The maximum absolute atomic E-state index is 11.3. The number of hydrogen-bond acceptors (Lipinski definition) is 3. The summed E-state index contributed by atoms with van der Waals surface area (Å²) in [6, 6.07) is 8.42. The fourth-order valence-corrected chi connectivity index (χ4v) is 1.95. The van der Waals surface area contributed by atoms with E-state index in [0.717, 1.165) is 4.47 Å². The normalized spacial score (nSPS) is 10.3. The lowest BCUT2D eigenvalue weighted by atomic mass is 10.2. The van der Waals surface area contributed by atoms with Gasteiger partial charge in [-0.05, 0) is 37.3 Å². The number of aryl methyl sites for hydroxylation is 1. The van der Waals surface area contributed by atoms with Gasteiger partial charge in [-0.25, -0.2) is 4.98 Å². The lowest BCUT2D eigenvalue weighted by Crippen LogP contribution is -2.13. The van der Waals surface area contributed by atoms with Crippen molar-refractivity contribution in [1.82, 2.24) is 4.98 Å². The molecule has 1 amide bonds. The van der Waals surface area contributed by atoms with Gasteiger partial charge in [0.05, 0.1) is 5.02 Å². The number of pyridine rings is 1. The predicted molar refractivity (Wildman–Crippen MR) is 76.7 cm³/mol. The molecule has 0 aliphatic carbocycles. The third kappa shape index (κ3) is 3.24. The maximum Gasteiger partial charge on any atom is 0.254 e. The van der Waals surface area contributed by atoms with Gasteiger partial charge in [-0.1, -0.05) is 27.5 Å². The van der Waals surface area contributed by atoms with Gasteiger partial charge in [0.1, 0.15) is 11.3 Å². The first kappa shape index (κ1) is 13.8. The number of primary amides is 1. The summed E-state index contributed by atoms with van der Waals surface area (Å²) in [5.74, 6) is -0.0576. The van der Waals surface area contributed by atoms with Crippen molar-refractivity contribution in [2.75, 3.05) is 0 Å². The van der Waals surface area contributed by atoms with Crippen LogP contribution in [0.3, 0.4) is 0 Å². The van der Waals surface area contributed by atoms with Crippen LogP contribution < -0.4 is 10.5 Å². The number of benzene rings is 1. The molecule has 2 aromatic rings. The van der Waals surface area contributed by atoms with Gasteiger partial charge in [0, 0.05) is 10.2 Å². The highest BCUT2D eigenvalue weighted by Crippen LogP contribution is 2.32. The quantitative estimate of drug-likeness (QED) is 0.926. The molecular formula is C13H10BrClN2O2. The van der Waals surface area contributed by atoms with E-state index in [0.29, 0.717) is 16.5 Å². The zero-order valence-electron chi connectivity index (χ0n) is 9.98. The second kappa shape index (κ2) is 5.59. The minimum atomic E-state index is -0.603. The Morgan fingerprint density at radius 2 is 2.11 bits per heavy atom. The molecule has 0 aliphatic rings. The lowest BCUT2D eigenvalue weighted by Gasteiger charge is -2.10. The van der Waals surface area contributed by atoms with E-state index in [1.807, 2.05) is 0 Å². The molecule has 0 unspecified atom stereocenters. The number of aromatic nitrogens is 1. The average molecular weight is 342 g/mol. The monoisotopic (exact) mass is 340 g/mol. The van der Waals surface area contributed by atoms with E-state index >= 15 is 0 Å². The number of halogens is 2. The Balaban J connectivity index is 2.45. The largest absolute Gasteiger partial charge is 0.437 e. The Labute approximate surface area is 123 Å². The van der Waals surface area contributed by atoms with Gasteiger partial charge in [0.25, 0.3) is 5.91 Å². The first-order valence-corrected chi connectivity index (χ1v) is 6.55. The number of rotatable bonds is 3. The van der Waals surface area contributed by atoms with Crippen molar-refractivity contribution in [3.8, 4) is 11.6 Å². The van der Waals surface area contributed by atoms with Gasteiger partial charge >= 0.3 is 0 Å². The second-order valence-electron chi connectivity index (χ2n) is 3.85. The van der Waals surface area contributed by atoms with Crippen LogP contribution in [0.2, 0.25) is 5.02 Å². The Morgan fingerprint density at radius 3 is 2.79 bits per heavy atom. The number of carbonyl (C=O) groups is 1. The maximum atomic E-state index is 11.3. The van der Waals surface area contributed by atoms with E-state index in [9.17, 15) is 4.79 Å². The molecule has 2 rings (SSSR count). The molecule has 1 aromatic carbocycles. The second-order valence-corrected chi connectivity index (χ2v) is 5.17. The zero-order valence-corrected chi connectivity index (χ0v) is 12.3. The number of nitrogens with two attached hydrogens (primary N) is 1. The highest BCUT2D eigenvalue weighted by atomic mass is 79.9. The van der Waals surface area contributed by atoms with Crippen molar-refractivity contribution in [2.24, 2.45) is 5.73 Å². The molecular weight excluding hydrogens is 332 g/mol. The van der Waals surface area contributed by atoms with Gasteiger partial charge in [-0.15, -0.1) is 0 Å². The summed E-state index contributed by atoms with van der Waals surface area (Å²) < 4.78 is 6.40. The summed E-state index contributed by atoms with van der Waals surface area (Å²) in [6.07, 6.45) is 0. The average Bonchev–Trinajstić information content (AvgIpc) is 2.33. The molecule has 0 fully saturated rings. The van der Waals surface area contributed by atoms with Crippen molar-refractivity contribution >= 4 is 33.4 Å². The minimum absolute atomic E-state index is 0.146. The van der Waals surface area contributed by atoms with E-state index in [2.05, 4.69) is 20.9 Å². The third-order valence-electron chi connectivity index (χ3n) is 2.36. The van der Waals surface area contributed by atoms with Gasteiger partial charge in [0.15, 0.2) is 0 Å². The fourth-order valence-electron chi connectivity index (χ4n) is 1.46. The van der Waals surface area contributed by atoms with Crippen LogP contribution in [0.1, 0.15) is 16.1 Å². The summed E-state index contributed by atoms with van der Waals surface area (Å²) in [4.78, 5) is 15.5. The lowest BCUT2D eigenvalue weighted by molar-refractivity contribution is 0.0997. The first-order valence-electron chi connectivity index (χ1n) is 5.37. The topological polar surface area (TPSA) is 65.2 Å². The number of hydrogen-bond donors (Lipinski definition) is 1. The number of amides is 1. The molecule has 0 aliphatic heterocycles. The predicted octanol–water partition coefficient (Wildman–Crippen LogP) is 3.70. The summed E-state index contributed by atoms with van der Waals surface area (Å²) in [7, 11) is 0. The van der Waals surface area contributed by atoms with Crippen LogP contribution in [0.25, 0.3) is 0 Å². The molecule has 4 nitrogen and oxygen atoms in total. The molecule has 19 heavy (non-hydrogen) atoms. The van der Waals surface area contributed by atoms with E-state index in [4.69, 9.17) is 22.1 Å². The molecule has 0 atom stereocenters. The molecule has 6 heteroatoms. The Morgan fingerprint density at radius 1 is 1.37 bits per heavy atom. The first-order chi connectivity index (χ1) is 8.97. The smallest absolute Gasteiger partial charge is 0.254 e. The summed E-state index contributed by atoms with van der Waals surface area (Å²) in [5.41, 5.74) is 6.21. The zero-order chi connectivity index (χ0) is 14.0. The van der Waals surface area contributed by atoms with Crippen molar-refractivity contribution in [1.29, 1.82) is 0 Å². The van der Waals surface area contributed by atoms with E-state index in [-0.39, 0.29) is 11.4 Å². The molecule has 2 N–H and O–H groups in total. The number of ether oxygens (including phenoxy) is 1. The van der Waals surface area contributed by atoms with Crippen LogP contribution >= 0.6 is 27.5 Å². The van der Waals surface area contributed by atoms with E-state index in [1.165, 1.54) is 0 Å². The van der Waals surface area contributed by atoms with Gasteiger partial charge in [-0.3, -0.25) is 4.79 Å². The molecule has 98 valence electrons. The molecule has 0 spiro atoms. The Hall–Kier alpha value is -1.59. The highest BCUT2D eigenvalue weighted by Gasteiger charge is 2.14. The summed E-state index contributed by atoms with van der Waals surface area (Å²) in [5, 5.41) is 0.418. The minimum Gasteiger partial charge on any atom is -0.437 e. The molecule has 0 bridgehead atoms. The van der Waals surface area contributed by atoms with Crippen LogP contribution in [0.4, 0.5) is 0 Å². The van der Waals surface area contributed by atoms with Crippen LogP contribution in [0.15, 0.2) is 34.8 Å². The van der Waals surface area contributed by atoms with Crippen molar-refractivity contribution in [2.45, 2.75) is 6.92 Å². The molecule has 0 saturated heterocycles. The van der Waals surface area contributed by atoms with E-state index in [1.54, 1.807) is 37.3 Å². The molecule has 0 radical (unpaired) electrons. The third-order valence-corrected chi connectivity index (χ3v) is 3.17. The van der Waals surface area contributed by atoms with Gasteiger partial charge < -0.3 is 10.5 Å². The van der Waals surface area contributed by atoms with Crippen molar-refractivity contribution in [3.63, 3.8) is 0 Å². The Bertz CT molecular complexity index is 647. The summed E-state index contributed by atoms with van der Waals surface area (Å²) in [6.45, 7) is 1.79. The molecule has 0 saturated carbocycles. The van der Waals surface area contributed by atoms with Crippen LogP contribution in [-0.2, 0) is 0 Å². The van der Waals surface area contributed by atoms with Gasteiger partial charge in [0.2, 0.25) is 5.88 Å². The Kier molecular flexibility index (Phi) is 4.07.